The minimum Gasteiger partial charge on any atom is -0.377 e. The minimum atomic E-state index is 0.628. The first kappa shape index (κ1) is 11.3. The SMILES string of the molecule is CSC(N)=NN1Cc2c(C)ccc(C)c2C1. The summed E-state index contributed by atoms with van der Waals surface area (Å²) in [5.74, 6) is 0. The fourth-order valence-electron chi connectivity index (χ4n) is 2.04. The second-order valence-electron chi connectivity index (χ2n) is 4.12. The van der Waals surface area contributed by atoms with Crippen LogP contribution in [0.2, 0.25) is 0 Å². The Labute approximate surface area is 101 Å². The van der Waals surface area contributed by atoms with Crippen molar-refractivity contribution in [1.29, 1.82) is 0 Å². The molecule has 0 radical (unpaired) electrons. The van der Waals surface area contributed by atoms with E-state index in [4.69, 9.17) is 5.73 Å². The van der Waals surface area contributed by atoms with E-state index in [-0.39, 0.29) is 0 Å². The van der Waals surface area contributed by atoms with Gasteiger partial charge in [0.1, 0.15) is 0 Å². The molecule has 1 heterocycles. The van der Waals surface area contributed by atoms with Crippen LogP contribution in [0.4, 0.5) is 0 Å². The van der Waals surface area contributed by atoms with Gasteiger partial charge in [0.2, 0.25) is 0 Å². The van der Waals surface area contributed by atoms with Crippen molar-refractivity contribution in [3.05, 3.63) is 34.4 Å². The summed E-state index contributed by atoms with van der Waals surface area (Å²) in [4.78, 5) is 0. The fraction of sp³-hybridized carbons (Fsp3) is 0.417. The molecule has 0 atom stereocenters. The molecule has 0 amide bonds. The number of hydrogen-bond acceptors (Lipinski definition) is 3. The Morgan fingerprint density at radius 3 is 2.19 bits per heavy atom. The second kappa shape index (κ2) is 4.37. The van der Waals surface area contributed by atoms with Crippen LogP contribution in [0.25, 0.3) is 0 Å². The summed E-state index contributed by atoms with van der Waals surface area (Å²) in [5.41, 5.74) is 11.3. The maximum absolute atomic E-state index is 5.74. The second-order valence-corrected chi connectivity index (χ2v) is 4.95. The first-order valence-corrected chi connectivity index (χ1v) is 6.55. The topological polar surface area (TPSA) is 41.6 Å². The first-order chi connectivity index (χ1) is 7.61. The van der Waals surface area contributed by atoms with Gasteiger partial charge >= 0.3 is 0 Å². The highest BCUT2D eigenvalue weighted by Crippen LogP contribution is 2.28. The zero-order valence-corrected chi connectivity index (χ0v) is 10.8. The van der Waals surface area contributed by atoms with Gasteiger partial charge in [-0.2, -0.15) is 5.10 Å². The van der Waals surface area contributed by atoms with Gasteiger partial charge in [-0.1, -0.05) is 23.9 Å². The fourth-order valence-corrected chi connectivity index (χ4v) is 2.24. The third-order valence-electron chi connectivity index (χ3n) is 3.03. The molecule has 0 aliphatic carbocycles. The molecule has 16 heavy (non-hydrogen) atoms. The quantitative estimate of drug-likeness (QED) is 0.599. The van der Waals surface area contributed by atoms with Crippen molar-refractivity contribution in [3.63, 3.8) is 0 Å². The molecule has 1 aliphatic rings. The molecule has 0 saturated carbocycles. The zero-order chi connectivity index (χ0) is 11.7. The van der Waals surface area contributed by atoms with E-state index in [1.807, 2.05) is 11.3 Å². The average Bonchev–Trinajstić information content (AvgIpc) is 2.68. The highest BCUT2D eigenvalue weighted by atomic mass is 32.2. The van der Waals surface area contributed by atoms with Crippen molar-refractivity contribution in [3.8, 4) is 0 Å². The molecule has 0 aromatic heterocycles. The summed E-state index contributed by atoms with van der Waals surface area (Å²) in [5, 5.41) is 7.05. The van der Waals surface area contributed by atoms with Crippen molar-refractivity contribution in [2.75, 3.05) is 6.26 Å². The molecule has 1 aliphatic heterocycles. The molecule has 0 saturated heterocycles. The predicted octanol–water partition coefficient (Wildman–Crippen LogP) is 2.21. The monoisotopic (exact) mass is 235 g/mol. The lowest BCUT2D eigenvalue weighted by Gasteiger charge is -2.10. The van der Waals surface area contributed by atoms with Gasteiger partial charge in [0.25, 0.3) is 0 Å². The standard InChI is InChI=1S/C12H17N3S/c1-8-4-5-9(2)11-7-15(6-10(8)11)14-12(13)16-3/h4-5H,6-7H2,1-3H3,(H2,13,14). The highest BCUT2D eigenvalue weighted by Gasteiger charge is 2.21. The maximum atomic E-state index is 5.74. The summed E-state index contributed by atoms with van der Waals surface area (Å²) in [6.07, 6.45) is 1.94. The van der Waals surface area contributed by atoms with E-state index in [0.29, 0.717) is 5.17 Å². The number of hydrazone groups is 1. The van der Waals surface area contributed by atoms with Gasteiger partial charge in [0.05, 0.1) is 13.1 Å². The van der Waals surface area contributed by atoms with E-state index in [1.165, 1.54) is 34.0 Å². The van der Waals surface area contributed by atoms with Crippen LogP contribution >= 0.6 is 11.8 Å². The summed E-state index contributed by atoms with van der Waals surface area (Å²) in [7, 11) is 0. The van der Waals surface area contributed by atoms with Crippen molar-refractivity contribution in [1.82, 2.24) is 5.01 Å². The summed E-state index contributed by atoms with van der Waals surface area (Å²) >= 11 is 1.48. The molecule has 86 valence electrons. The number of thioether (sulfide) groups is 1. The van der Waals surface area contributed by atoms with Crippen molar-refractivity contribution in [2.24, 2.45) is 10.8 Å². The molecule has 0 unspecified atom stereocenters. The van der Waals surface area contributed by atoms with Gasteiger partial charge in [-0.25, -0.2) is 0 Å². The minimum absolute atomic E-state index is 0.628. The summed E-state index contributed by atoms with van der Waals surface area (Å²) in [6, 6.07) is 4.36. The Balaban J connectivity index is 2.27. The van der Waals surface area contributed by atoms with Crippen LogP contribution in [0, 0.1) is 13.8 Å². The molecular formula is C12H17N3S. The molecule has 3 nitrogen and oxygen atoms in total. The van der Waals surface area contributed by atoms with E-state index in [9.17, 15) is 0 Å². The number of rotatable bonds is 1. The molecule has 2 rings (SSSR count). The lowest BCUT2D eigenvalue weighted by Crippen LogP contribution is -2.16. The largest absolute Gasteiger partial charge is 0.377 e. The van der Waals surface area contributed by atoms with Crippen LogP contribution in [-0.2, 0) is 13.1 Å². The first-order valence-electron chi connectivity index (χ1n) is 5.32. The lowest BCUT2D eigenvalue weighted by atomic mass is 10.0. The number of fused-ring (bicyclic) bond motifs is 1. The van der Waals surface area contributed by atoms with Crippen LogP contribution in [0.5, 0.6) is 0 Å². The molecule has 0 fully saturated rings. The highest BCUT2D eigenvalue weighted by molar-refractivity contribution is 8.13. The normalized spacial score (nSPS) is 15.4. The maximum Gasteiger partial charge on any atom is 0.177 e. The van der Waals surface area contributed by atoms with Crippen molar-refractivity contribution in [2.45, 2.75) is 26.9 Å². The van der Waals surface area contributed by atoms with E-state index < -0.39 is 0 Å². The third-order valence-corrected chi connectivity index (χ3v) is 3.53. The number of nitrogens with zero attached hydrogens (tertiary/aromatic N) is 2. The smallest absolute Gasteiger partial charge is 0.177 e. The molecule has 0 spiro atoms. The van der Waals surface area contributed by atoms with Gasteiger partial charge < -0.3 is 5.73 Å². The van der Waals surface area contributed by atoms with Crippen LogP contribution in [0.15, 0.2) is 17.2 Å². The number of nitrogens with two attached hydrogens (primary N) is 1. The van der Waals surface area contributed by atoms with E-state index in [2.05, 4.69) is 31.1 Å². The average molecular weight is 235 g/mol. The van der Waals surface area contributed by atoms with Crippen LogP contribution < -0.4 is 5.73 Å². The van der Waals surface area contributed by atoms with Crippen molar-refractivity contribution < 1.29 is 0 Å². The number of amidine groups is 1. The van der Waals surface area contributed by atoms with Gasteiger partial charge in [0.15, 0.2) is 5.17 Å². The van der Waals surface area contributed by atoms with Gasteiger partial charge in [-0.15, -0.1) is 0 Å². The Kier molecular flexibility index (Phi) is 3.10. The summed E-state index contributed by atoms with van der Waals surface area (Å²) in [6.45, 7) is 6.07. The third kappa shape index (κ3) is 2.02. The van der Waals surface area contributed by atoms with Crippen LogP contribution in [0.3, 0.4) is 0 Å². The molecular weight excluding hydrogens is 218 g/mol. The number of aryl methyl sites for hydroxylation is 2. The Hall–Kier alpha value is -1.16. The van der Waals surface area contributed by atoms with Gasteiger partial charge in [-0.3, -0.25) is 5.01 Å². The molecule has 4 heteroatoms. The molecule has 1 aromatic rings. The van der Waals surface area contributed by atoms with Gasteiger partial charge in [-0.05, 0) is 42.4 Å². The molecule has 2 N–H and O–H groups in total. The van der Waals surface area contributed by atoms with Crippen LogP contribution in [-0.4, -0.2) is 16.4 Å². The van der Waals surface area contributed by atoms with E-state index in [0.717, 1.165) is 13.1 Å². The Bertz CT molecular complexity index is 409. The van der Waals surface area contributed by atoms with Crippen molar-refractivity contribution >= 4 is 16.9 Å². The number of hydrogen-bond donors (Lipinski definition) is 1. The van der Waals surface area contributed by atoms with E-state index >= 15 is 0 Å². The Morgan fingerprint density at radius 2 is 1.75 bits per heavy atom. The Morgan fingerprint density at radius 1 is 1.25 bits per heavy atom. The molecule has 0 bridgehead atoms. The lowest BCUT2D eigenvalue weighted by molar-refractivity contribution is 0.301. The van der Waals surface area contributed by atoms with Gasteiger partial charge in [0, 0.05) is 0 Å². The van der Waals surface area contributed by atoms with Crippen LogP contribution in [0.1, 0.15) is 22.3 Å². The zero-order valence-electron chi connectivity index (χ0n) is 9.95. The number of benzene rings is 1. The summed E-state index contributed by atoms with van der Waals surface area (Å²) < 4.78 is 0. The molecule has 1 aromatic carbocycles. The predicted molar refractivity (Wildman–Crippen MR) is 70.3 cm³/mol. The van der Waals surface area contributed by atoms with E-state index in [1.54, 1.807) is 0 Å².